The van der Waals surface area contributed by atoms with Crippen molar-refractivity contribution in [2.45, 2.75) is 59.2 Å². The molecule has 5 aromatic rings. The maximum Gasteiger partial charge on any atom is 0.339 e. The van der Waals surface area contributed by atoms with Gasteiger partial charge in [0.15, 0.2) is 0 Å². The second kappa shape index (κ2) is 12.0. The van der Waals surface area contributed by atoms with E-state index in [0.29, 0.717) is 17.7 Å². The Bertz CT molecular complexity index is 1710. The van der Waals surface area contributed by atoms with Crippen molar-refractivity contribution >= 4 is 22.8 Å². The van der Waals surface area contributed by atoms with Crippen LogP contribution in [0, 0.1) is 6.92 Å². The van der Waals surface area contributed by atoms with Crippen LogP contribution in [0.3, 0.4) is 0 Å². The Balaban J connectivity index is 1.34. The van der Waals surface area contributed by atoms with Crippen molar-refractivity contribution in [3.8, 4) is 11.1 Å². The number of hydrogen-bond donors (Lipinski definition) is 1. The van der Waals surface area contributed by atoms with E-state index in [1.807, 2.05) is 111 Å². The maximum atomic E-state index is 13.2. The average Bonchev–Trinajstić information content (AvgIpc) is 3.29. The number of benzene rings is 4. The lowest BCUT2D eigenvalue weighted by Gasteiger charge is -2.20. The van der Waals surface area contributed by atoms with Gasteiger partial charge in [-0.05, 0) is 80.6 Å². The van der Waals surface area contributed by atoms with Crippen LogP contribution in [0.5, 0.6) is 0 Å². The standard InChI is InChI=1S/C36H37N3O3/c1-6-32(27-12-8-7-9-13-27)37-34(40)28-20-21-33-31(22-28)24(2)38-39(33)23-25-16-18-26(19-17-25)29-14-10-11-15-30(29)35(41)42-36(3,4)5/h7-22,32H,6,23H2,1-5H3,(H,37,40). The third-order valence-electron chi connectivity index (χ3n) is 7.26. The molecule has 42 heavy (non-hydrogen) atoms. The molecule has 5 rings (SSSR count). The molecule has 0 fully saturated rings. The number of esters is 1. The minimum Gasteiger partial charge on any atom is -0.456 e. The summed E-state index contributed by atoms with van der Waals surface area (Å²) in [5.41, 5.74) is 6.39. The van der Waals surface area contributed by atoms with Gasteiger partial charge in [0.2, 0.25) is 0 Å². The molecule has 4 aromatic carbocycles. The topological polar surface area (TPSA) is 73.2 Å². The Kier molecular flexibility index (Phi) is 8.25. The molecule has 6 heteroatoms. The second-order valence-electron chi connectivity index (χ2n) is 11.6. The highest BCUT2D eigenvalue weighted by Gasteiger charge is 2.21. The van der Waals surface area contributed by atoms with Crippen LogP contribution in [0.15, 0.2) is 97.1 Å². The number of carbonyl (C=O) groups excluding carboxylic acids is 2. The summed E-state index contributed by atoms with van der Waals surface area (Å²) in [6.07, 6.45) is 0.806. The average molecular weight is 560 g/mol. The zero-order valence-electron chi connectivity index (χ0n) is 24.8. The predicted octanol–water partition coefficient (Wildman–Crippen LogP) is 7.90. The van der Waals surface area contributed by atoms with Gasteiger partial charge in [0.25, 0.3) is 5.91 Å². The van der Waals surface area contributed by atoms with Crippen LogP contribution in [0.1, 0.15) is 77.7 Å². The number of nitrogens with zero attached hydrogens (tertiary/aromatic N) is 2. The molecule has 0 bridgehead atoms. The van der Waals surface area contributed by atoms with Crippen LogP contribution in [0.4, 0.5) is 0 Å². The number of aryl methyl sites for hydroxylation is 1. The van der Waals surface area contributed by atoms with E-state index in [1.165, 1.54) is 0 Å². The van der Waals surface area contributed by atoms with Gasteiger partial charge in [-0.1, -0.05) is 79.7 Å². The van der Waals surface area contributed by atoms with Crippen LogP contribution in [-0.4, -0.2) is 27.3 Å². The summed E-state index contributed by atoms with van der Waals surface area (Å²) in [4.78, 5) is 26.0. The zero-order valence-corrected chi connectivity index (χ0v) is 24.8. The van der Waals surface area contributed by atoms with E-state index in [9.17, 15) is 9.59 Å². The van der Waals surface area contributed by atoms with Gasteiger partial charge in [-0.15, -0.1) is 0 Å². The molecule has 0 aliphatic carbocycles. The molecule has 1 atom stereocenters. The lowest BCUT2D eigenvalue weighted by Crippen LogP contribution is -2.28. The number of nitrogens with one attached hydrogen (secondary N) is 1. The minimum atomic E-state index is -0.566. The molecule has 1 N–H and O–H groups in total. The molecule has 0 radical (unpaired) electrons. The first kappa shape index (κ1) is 28.8. The summed E-state index contributed by atoms with van der Waals surface area (Å²) in [5, 5.41) is 8.92. The number of amides is 1. The third-order valence-corrected chi connectivity index (χ3v) is 7.26. The summed E-state index contributed by atoms with van der Waals surface area (Å²) in [6.45, 7) is 10.2. The van der Waals surface area contributed by atoms with E-state index in [1.54, 1.807) is 6.07 Å². The Hall–Kier alpha value is -4.71. The van der Waals surface area contributed by atoms with E-state index < -0.39 is 5.60 Å². The van der Waals surface area contributed by atoms with Crippen LogP contribution in [-0.2, 0) is 11.3 Å². The molecular formula is C36H37N3O3. The van der Waals surface area contributed by atoms with Crippen molar-refractivity contribution in [2.75, 3.05) is 0 Å². The van der Waals surface area contributed by atoms with Crippen molar-refractivity contribution in [3.05, 3.63) is 125 Å². The minimum absolute atomic E-state index is 0.0442. The molecule has 214 valence electrons. The van der Waals surface area contributed by atoms with Crippen LogP contribution >= 0.6 is 0 Å². The van der Waals surface area contributed by atoms with Gasteiger partial charge in [-0.3, -0.25) is 9.48 Å². The fourth-order valence-corrected chi connectivity index (χ4v) is 5.16. The summed E-state index contributed by atoms with van der Waals surface area (Å²) in [7, 11) is 0. The molecule has 0 aliphatic heterocycles. The number of hydrogen-bond acceptors (Lipinski definition) is 4. The van der Waals surface area contributed by atoms with Crippen molar-refractivity contribution in [3.63, 3.8) is 0 Å². The molecule has 0 aliphatic rings. The van der Waals surface area contributed by atoms with Gasteiger partial charge in [0.05, 0.1) is 29.4 Å². The van der Waals surface area contributed by atoms with Gasteiger partial charge >= 0.3 is 5.97 Å². The molecule has 1 aromatic heterocycles. The molecule has 1 heterocycles. The van der Waals surface area contributed by atoms with E-state index in [0.717, 1.165) is 45.3 Å². The summed E-state index contributed by atoms with van der Waals surface area (Å²) in [5.74, 6) is -0.430. The Morgan fingerprint density at radius 2 is 1.60 bits per heavy atom. The molecular weight excluding hydrogens is 522 g/mol. The van der Waals surface area contributed by atoms with Crippen LogP contribution in [0.2, 0.25) is 0 Å². The SMILES string of the molecule is CCC(NC(=O)c1ccc2c(c1)c(C)nn2Cc1ccc(-c2ccccc2C(=O)OC(C)(C)C)cc1)c1ccccc1. The molecule has 0 saturated heterocycles. The van der Waals surface area contributed by atoms with E-state index >= 15 is 0 Å². The van der Waals surface area contributed by atoms with Gasteiger partial charge in [-0.25, -0.2) is 4.79 Å². The van der Waals surface area contributed by atoms with E-state index in [2.05, 4.69) is 24.4 Å². The number of carbonyl (C=O) groups is 2. The zero-order chi connectivity index (χ0) is 29.9. The molecule has 0 spiro atoms. The normalized spacial score (nSPS) is 12.2. The summed E-state index contributed by atoms with van der Waals surface area (Å²) < 4.78 is 7.59. The quantitative estimate of drug-likeness (QED) is 0.196. The lowest BCUT2D eigenvalue weighted by molar-refractivity contribution is 0.00703. The number of ether oxygens (including phenoxy) is 1. The fraction of sp³-hybridized carbons (Fsp3) is 0.250. The highest BCUT2D eigenvalue weighted by atomic mass is 16.6. The van der Waals surface area contributed by atoms with Gasteiger partial charge in [-0.2, -0.15) is 5.10 Å². The van der Waals surface area contributed by atoms with Crippen molar-refractivity contribution < 1.29 is 14.3 Å². The van der Waals surface area contributed by atoms with Crippen molar-refractivity contribution in [1.29, 1.82) is 0 Å². The number of rotatable bonds is 8. The van der Waals surface area contributed by atoms with E-state index in [-0.39, 0.29) is 17.9 Å². The van der Waals surface area contributed by atoms with Gasteiger partial charge < -0.3 is 10.1 Å². The summed E-state index contributed by atoms with van der Waals surface area (Å²) >= 11 is 0. The monoisotopic (exact) mass is 559 g/mol. The number of aromatic nitrogens is 2. The van der Waals surface area contributed by atoms with Crippen LogP contribution in [0.25, 0.3) is 22.0 Å². The Labute approximate surface area is 247 Å². The third kappa shape index (κ3) is 6.44. The molecule has 1 unspecified atom stereocenters. The highest BCUT2D eigenvalue weighted by molar-refractivity contribution is 5.99. The molecule has 6 nitrogen and oxygen atoms in total. The predicted molar refractivity (Wildman–Crippen MR) is 168 cm³/mol. The molecule has 1 amide bonds. The van der Waals surface area contributed by atoms with E-state index in [4.69, 9.17) is 9.84 Å². The highest BCUT2D eigenvalue weighted by Crippen LogP contribution is 2.27. The van der Waals surface area contributed by atoms with Crippen molar-refractivity contribution in [1.82, 2.24) is 15.1 Å². The largest absolute Gasteiger partial charge is 0.456 e. The maximum absolute atomic E-state index is 13.2. The van der Waals surface area contributed by atoms with Crippen molar-refractivity contribution in [2.24, 2.45) is 0 Å². The van der Waals surface area contributed by atoms with Gasteiger partial charge in [0.1, 0.15) is 5.60 Å². The first-order valence-corrected chi connectivity index (χ1v) is 14.4. The van der Waals surface area contributed by atoms with Gasteiger partial charge in [0, 0.05) is 10.9 Å². The number of fused-ring (bicyclic) bond motifs is 1. The fourth-order valence-electron chi connectivity index (χ4n) is 5.16. The molecule has 0 saturated carbocycles. The Morgan fingerprint density at radius 3 is 2.29 bits per heavy atom. The summed E-state index contributed by atoms with van der Waals surface area (Å²) in [6, 6.07) is 31.4. The smallest absolute Gasteiger partial charge is 0.339 e. The second-order valence-corrected chi connectivity index (χ2v) is 11.6. The lowest BCUT2D eigenvalue weighted by atomic mass is 9.98. The first-order valence-electron chi connectivity index (χ1n) is 14.4. The van der Waals surface area contributed by atoms with Crippen LogP contribution < -0.4 is 5.32 Å². The Morgan fingerprint density at radius 1 is 0.905 bits per heavy atom. The first-order chi connectivity index (χ1) is 20.1.